The van der Waals surface area contributed by atoms with Crippen molar-refractivity contribution >= 4 is 23.3 Å². The molecule has 1 aromatic heterocycles. The molecule has 6 rings (SSSR count). The summed E-state index contributed by atoms with van der Waals surface area (Å²) < 4.78 is 22.9. The number of aromatic nitrogens is 1. The van der Waals surface area contributed by atoms with Gasteiger partial charge in [0.05, 0.1) is 18.7 Å². The summed E-state index contributed by atoms with van der Waals surface area (Å²) in [7, 11) is 1.51. The standard InChI is InChI=1S/C32H26N2O7/c1-38-25-17-21(10-12-23(25)41-19-20-7-3-2-4-8-20)29-28(31(36)32(37)34(29)27-9-5-6-14-33-27)30(35)22-11-13-24-26(18-22)40-16-15-39-24/h2-14,17-18,29,35H,15-16,19H2,1H3/b30-28+. The first-order chi connectivity index (χ1) is 20.0. The van der Waals surface area contributed by atoms with Gasteiger partial charge < -0.3 is 24.1 Å². The fourth-order valence-corrected chi connectivity index (χ4v) is 4.94. The smallest absolute Gasteiger partial charge is 0.301 e. The van der Waals surface area contributed by atoms with Gasteiger partial charge in [-0.2, -0.15) is 0 Å². The van der Waals surface area contributed by atoms with Crippen LogP contribution in [-0.2, 0) is 16.2 Å². The zero-order chi connectivity index (χ0) is 28.3. The van der Waals surface area contributed by atoms with E-state index in [1.165, 1.54) is 18.2 Å². The molecule has 9 heteroatoms. The van der Waals surface area contributed by atoms with Crippen LogP contribution in [0.5, 0.6) is 23.0 Å². The van der Waals surface area contributed by atoms with Crippen LogP contribution in [0.3, 0.4) is 0 Å². The Kier molecular flexibility index (Phi) is 6.99. The van der Waals surface area contributed by atoms with Crippen LogP contribution in [-0.4, -0.2) is 42.1 Å². The summed E-state index contributed by atoms with van der Waals surface area (Å²) in [5.74, 6) is 0.154. The number of aliphatic hydroxyl groups is 1. The largest absolute Gasteiger partial charge is 0.507 e. The van der Waals surface area contributed by atoms with E-state index in [9.17, 15) is 14.7 Å². The third-order valence-corrected chi connectivity index (χ3v) is 6.90. The molecule has 0 spiro atoms. The molecule has 1 saturated heterocycles. The van der Waals surface area contributed by atoms with E-state index in [4.69, 9.17) is 18.9 Å². The molecule has 1 unspecified atom stereocenters. The van der Waals surface area contributed by atoms with Gasteiger partial charge in [0.15, 0.2) is 23.0 Å². The summed E-state index contributed by atoms with van der Waals surface area (Å²) in [6.07, 6.45) is 1.54. The third-order valence-electron chi connectivity index (χ3n) is 6.90. The summed E-state index contributed by atoms with van der Waals surface area (Å²) in [5, 5.41) is 11.5. The van der Waals surface area contributed by atoms with Crippen molar-refractivity contribution in [1.29, 1.82) is 0 Å². The molecular formula is C32H26N2O7. The Hall–Kier alpha value is -5.31. The van der Waals surface area contributed by atoms with E-state index < -0.39 is 17.7 Å². The zero-order valence-corrected chi connectivity index (χ0v) is 22.2. The van der Waals surface area contributed by atoms with Gasteiger partial charge in [0.2, 0.25) is 0 Å². The second kappa shape index (κ2) is 11.1. The summed E-state index contributed by atoms with van der Waals surface area (Å²) in [4.78, 5) is 32.6. The molecule has 0 aliphatic carbocycles. The normalized spacial score (nSPS) is 17.4. The molecule has 0 bridgehead atoms. The highest BCUT2D eigenvalue weighted by Gasteiger charge is 2.47. The molecule has 41 heavy (non-hydrogen) atoms. The van der Waals surface area contributed by atoms with E-state index in [2.05, 4.69) is 4.98 Å². The highest BCUT2D eigenvalue weighted by Crippen LogP contribution is 2.44. The molecule has 1 amide bonds. The zero-order valence-electron chi connectivity index (χ0n) is 22.2. The molecule has 206 valence electrons. The number of pyridine rings is 1. The molecule has 4 aromatic rings. The number of Topliss-reactive ketones (excluding diaryl/α,β-unsaturated/α-hetero) is 1. The number of nitrogens with zero attached hydrogens (tertiary/aromatic N) is 2. The van der Waals surface area contributed by atoms with Crippen molar-refractivity contribution in [2.24, 2.45) is 0 Å². The molecule has 3 heterocycles. The van der Waals surface area contributed by atoms with Crippen LogP contribution in [0, 0.1) is 0 Å². The minimum absolute atomic E-state index is 0.0858. The molecule has 9 nitrogen and oxygen atoms in total. The number of aliphatic hydroxyl groups excluding tert-OH is 1. The average molecular weight is 551 g/mol. The van der Waals surface area contributed by atoms with E-state index in [0.717, 1.165) is 5.56 Å². The number of hydrogen-bond donors (Lipinski definition) is 1. The van der Waals surface area contributed by atoms with E-state index in [1.807, 2.05) is 30.3 Å². The minimum atomic E-state index is -0.991. The SMILES string of the molecule is COc1cc(C2/C(=C(\O)c3ccc4c(c3)OCCO4)C(=O)C(=O)N2c2ccccn2)ccc1OCc1ccccc1. The van der Waals surface area contributed by atoms with Crippen molar-refractivity contribution in [3.63, 3.8) is 0 Å². The van der Waals surface area contributed by atoms with Crippen molar-refractivity contribution in [2.75, 3.05) is 25.2 Å². The van der Waals surface area contributed by atoms with Crippen LogP contribution in [0.15, 0.2) is 96.7 Å². The Bertz CT molecular complexity index is 1640. The van der Waals surface area contributed by atoms with Gasteiger partial charge in [-0.15, -0.1) is 0 Å². The van der Waals surface area contributed by atoms with Gasteiger partial charge in [0.25, 0.3) is 5.78 Å². The number of carbonyl (C=O) groups is 2. The molecule has 1 N–H and O–H groups in total. The number of rotatable bonds is 7. The maximum absolute atomic E-state index is 13.5. The molecule has 3 aromatic carbocycles. The van der Waals surface area contributed by atoms with Crippen molar-refractivity contribution in [1.82, 2.24) is 4.98 Å². The van der Waals surface area contributed by atoms with Crippen LogP contribution < -0.4 is 23.8 Å². The first kappa shape index (κ1) is 25.9. The van der Waals surface area contributed by atoms with Gasteiger partial charge in [-0.3, -0.25) is 14.5 Å². The van der Waals surface area contributed by atoms with Crippen LogP contribution in [0.4, 0.5) is 5.82 Å². The van der Waals surface area contributed by atoms with Gasteiger partial charge >= 0.3 is 5.91 Å². The van der Waals surface area contributed by atoms with Crippen LogP contribution in [0.2, 0.25) is 0 Å². The third kappa shape index (κ3) is 4.93. The van der Waals surface area contributed by atoms with E-state index in [-0.39, 0.29) is 17.2 Å². The Labute approximate surface area is 236 Å². The van der Waals surface area contributed by atoms with Crippen molar-refractivity contribution in [2.45, 2.75) is 12.6 Å². The van der Waals surface area contributed by atoms with Crippen molar-refractivity contribution < 1.29 is 33.6 Å². The van der Waals surface area contributed by atoms with Gasteiger partial charge in [0, 0.05) is 11.8 Å². The summed E-state index contributed by atoms with van der Waals surface area (Å²) >= 11 is 0. The second-order valence-electron chi connectivity index (χ2n) is 9.40. The number of anilines is 1. The van der Waals surface area contributed by atoms with Crippen molar-refractivity contribution in [3.8, 4) is 23.0 Å². The predicted octanol–water partition coefficient (Wildman–Crippen LogP) is 5.07. The van der Waals surface area contributed by atoms with Crippen LogP contribution >= 0.6 is 0 Å². The highest BCUT2D eigenvalue weighted by molar-refractivity contribution is 6.51. The number of carbonyl (C=O) groups excluding carboxylic acids is 2. The number of hydrogen-bond acceptors (Lipinski definition) is 8. The summed E-state index contributed by atoms with van der Waals surface area (Å²) in [6.45, 7) is 1.10. The Morgan fingerprint density at radius 2 is 1.71 bits per heavy atom. The summed E-state index contributed by atoms with van der Waals surface area (Å²) in [5.41, 5.74) is 1.74. The lowest BCUT2D eigenvalue weighted by Crippen LogP contribution is -2.30. The number of benzene rings is 3. The van der Waals surface area contributed by atoms with Crippen LogP contribution in [0.25, 0.3) is 5.76 Å². The lowest BCUT2D eigenvalue weighted by atomic mass is 9.94. The molecule has 0 saturated carbocycles. The van der Waals surface area contributed by atoms with Crippen molar-refractivity contribution in [3.05, 3.63) is 113 Å². The maximum Gasteiger partial charge on any atom is 0.301 e. The first-order valence-electron chi connectivity index (χ1n) is 13.0. The number of ketones is 1. The maximum atomic E-state index is 13.5. The number of amides is 1. The van der Waals surface area contributed by atoms with Gasteiger partial charge in [-0.05, 0) is 53.6 Å². The Morgan fingerprint density at radius 1 is 0.927 bits per heavy atom. The first-order valence-corrected chi connectivity index (χ1v) is 13.0. The number of fused-ring (bicyclic) bond motifs is 1. The highest BCUT2D eigenvalue weighted by atomic mass is 16.6. The summed E-state index contributed by atoms with van der Waals surface area (Å²) in [6, 6.07) is 23.8. The van der Waals surface area contributed by atoms with Gasteiger partial charge in [-0.25, -0.2) is 4.98 Å². The topological polar surface area (TPSA) is 107 Å². The van der Waals surface area contributed by atoms with E-state index >= 15 is 0 Å². The average Bonchev–Trinajstić information content (AvgIpc) is 3.29. The molecule has 0 radical (unpaired) electrons. The molecule has 1 atom stereocenters. The molecule has 2 aliphatic rings. The molecule has 1 fully saturated rings. The van der Waals surface area contributed by atoms with Crippen LogP contribution in [0.1, 0.15) is 22.7 Å². The monoisotopic (exact) mass is 550 g/mol. The van der Waals surface area contributed by atoms with Gasteiger partial charge in [0.1, 0.15) is 31.4 Å². The lowest BCUT2D eigenvalue weighted by molar-refractivity contribution is -0.132. The number of methoxy groups -OCH3 is 1. The van der Waals surface area contributed by atoms with Gasteiger partial charge in [-0.1, -0.05) is 42.5 Å². The molecular weight excluding hydrogens is 524 g/mol. The van der Waals surface area contributed by atoms with E-state index in [1.54, 1.807) is 54.6 Å². The quantitative estimate of drug-likeness (QED) is 0.193. The fourth-order valence-electron chi connectivity index (χ4n) is 4.94. The Balaban J connectivity index is 1.44. The Morgan fingerprint density at radius 3 is 2.46 bits per heavy atom. The minimum Gasteiger partial charge on any atom is -0.507 e. The fraction of sp³-hybridized carbons (Fsp3) is 0.156. The second-order valence-corrected chi connectivity index (χ2v) is 9.40. The lowest BCUT2D eigenvalue weighted by Gasteiger charge is -2.25. The molecule has 2 aliphatic heterocycles. The predicted molar refractivity (Wildman–Crippen MR) is 150 cm³/mol. The number of ether oxygens (including phenoxy) is 4. The van der Waals surface area contributed by atoms with E-state index in [0.29, 0.717) is 53.9 Å².